The number of likely N-dealkylation sites (tertiary alicyclic amines) is 1. The molecule has 0 saturated carbocycles. The minimum atomic E-state index is 0.0695. The molecular formula is C26H31N3O2S2. The lowest BCUT2D eigenvalue weighted by Crippen LogP contribution is -2.33. The van der Waals surface area contributed by atoms with Gasteiger partial charge in [-0.25, -0.2) is 4.98 Å². The number of thiophene rings is 1. The molecule has 0 atom stereocenters. The van der Waals surface area contributed by atoms with E-state index in [9.17, 15) is 9.59 Å². The van der Waals surface area contributed by atoms with Crippen LogP contribution in [0.15, 0.2) is 40.3 Å². The largest absolute Gasteiger partial charge is 0.342 e. The molecule has 3 aromatic rings. The average Bonchev–Trinajstić information content (AvgIpc) is 3.00. The second kappa shape index (κ2) is 10.4. The molecule has 0 unspecified atom stereocenters. The molecule has 2 aliphatic rings. The van der Waals surface area contributed by atoms with Gasteiger partial charge in [0.1, 0.15) is 4.83 Å². The highest BCUT2D eigenvalue weighted by molar-refractivity contribution is 7.99. The monoisotopic (exact) mass is 481 g/mol. The van der Waals surface area contributed by atoms with E-state index in [2.05, 4.69) is 12.1 Å². The van der Waals surface area contributed by atoms with Crippen molar-refractivity contribution < 1.29 is 4.79 Å². The van der Waals surface area contributed by atoms with E-state index >= 15 is 0 Å². The first kappa shape index (κ1) is 22.7. The summed E-state index contributed by atoms with van der Waals surface area (Å²) in [5.41, 5.74) is 2.50. The molecule has 1 aliphatic heterocycles. The van der Waals surface area contributed by atoms with Crippen LogP contribution < -0.4 is 5.56 Å². The average molecular weight is 482 g/mol. The third-order valence-corrected chi connectivity index (χ3v) is 8.94. The first-order chi connectivity index (χ1) is 16.2. The Hall–Kier alpha value is -2.12. The van der Waals surface area contributed by atoms with Crippen molar-refractivity contribution in [1.82, 2.24) is 14.5 Å². The number of hydrogen-bond donors (Lipinski definition) is 0. The number of nitrogens with zero attached hydrogens (tertiary/aromatic N) is 3. The summed E-state index contributed by atoms with van der Waals surface area (Å²) >= 11 is 3.12. The zero-order valence-corrected chi connectivity index (χ0v) is 20.7. The van der Waals surface area contributed by atoms with Crippen LogP contribution in [-0.2, 0) is 30.6 Å². The predicted octanol–water partition coefficient (Wildman–Crippen LogP) is 5.07. The zero-order chi connectivity index (χ0) is 22.6. The van der Waals surface area contributed by atoms with Gasteiger partial charge in [0.25, 0.3) is 5.56 Å². The molecule has 5 nitrogen and oxygen atoms in total. The van der Waals surface area contributed by atoms with Gasteiger partial charge in [0.2, 0.25) is 5.91 Å². The summed E-state index contributed by atoms with van der Waals surface area (Å²) in [6.07, 6.45) is 9.71. The van der Waals surface area contributed by atoms with Crippen molar-refractivity contribution >= 4 is 39.2 Å². The van der Waals surface area contributed by atoms with Crippen LogP contribution in [0.5, 0.6) is 0 Å². The van der Waals surface area contributed by atoms with Gasteiger partial charge in [-0.15, -0.1) is 11.3 Å². The minimum Gasteiger partial charge on any atom is -0.342 e. The Kier molecular flexibility index (Phi) is 7.16. The lowest BCUT2D eigenvalue weighted by atomic mass is 9.97. The number of carbonyl (C=O) groups excluding carboxylic acids is 1. The molecule has 0 radical (unpaired) electrons. The van der Waals surface area contributed by atoms with Crippen LogP contribution >= 0.6 is 23.1 Å². The Morgan fingerprint density at radius 1 is 1.00 bits per heavy atom. The summed E-state index contributed by atoms with van der Waals surface area (Å²) in [5, 5.41) is 1.51. The Bertz CT molecular complexity index is 1180. The van der Waals surface area contributed by atoms with Crippen LogP contribution in [0.3, 0.4) is 0 Å². The SMILES string of the molecule is O=C(CSc1nc2sc3c(c2c(=O)n1CCc1ccccc1)CCCC3)N1CCCCCC1. The highest BCUT2D eigenvalue weighted by Gasteiger charge is 2.23. The number of aryl methyl sites for hydroxylation is 3. The van der Waals surface area contributed by atoms with Crippen molar-refractivity contribution in [3.63, 3.8) is 0 Å². The van der Waals surface area contributed by atoms with Crippen molar-refractivity contribution in [3.05, 3.63) is 56.7 Å². The first-order valence-corrected chi connectivity index (χ1v) is 14.0. The molecule has 33 heavy (non-hydrogen) atoms. The molecule has 0 bridgehead atoms. The number of rotatable bonds is 6. The van der Waals surface area contributed by atoms with E-state index in [4.69, 9.17) is 4.98 Å². The lowest BCUT2D eigenvalue weighted by molar-refractivity contribution is -0.128. The maximum Gasteiger partial charge on any atom is 0.263 e. The van der Waals surface area contributed by atoms with Gasteiger partial charge in [0, 0.05) is 24.5 Å². The number of benzene rings is 1. The fourth-order valence-electron chi connectivity index (χ4n) is 4.95. The fraction of sp³-hybridized carbons (Fsp3) is 0.500. The van der Waals surface area contributed by atoms with Gasteiger partial charge in [0.05, 0.1) is 11.1 Å². The van der Waals surface area contributed by atoms with E-state index in [1.54, 1.807) is 11.3 Å². The lowest BCUT2D eigenvalue weighted by Gasteiger charge is -2.20. The fourth-order valence-corrected chi connectivity index (χ4v) is 7.18. The maximum absolute atomic E-state index is 13.7. The molecule has 5 rings (SSSR count). The Labute approximate surface area is 203 Å². The number of carbonyl (C=O) groups is 1. The molecule has 3 heterocycles. The molecule has 2 aromatic heterocycles. The number of hydrogen-bond acceptors (Lipinski definition) is 5. The van der Waals surface area contributed by atoms with E-state index in [-0.39, 0.29) is 11.5 Å². The van der Waals surface area contributed by atoms with Gasteiger partial charge < -0.3 is 4.90 Å². The summed E-state index contributed by atoms with van der Waals surface area (Å²) in [4.78, 5) is 35.8. The summed E-state index contributed by atoms with van der Waals surface area (Å²) in [6.45, 7) is 2.28. The summed E-state index contributed by atoms with van der Waals surface area (Å²) in [7, 11) is 0. The van der Waals surface area contributed by atoms with Crippen LogP contribution in [0, 0.1) is 0 Å². The Morgan fingerprint density at radius 2 is 1.76 bits per heavy atom. The third-order valence-electron chi connectivity index (χ3n) is 6.79. The summed E-state index contributed by atoms with van der Waals surface area (Å²) in [5.74, 6) is 0.505. The van der Waals surface area contributed by atoms with Crippen LogP contribution in [0.4, 0.5) is 0 Å². The molecule has 1 saturated heterocycles. The highest BCUT2D eigenvalue weighted by atomic mass is 32.2. The Balaban J connectivity index is 1.44. The van der Waals surface area contributed by atoms with Crippen molar-refractivity contribution in [2.24, 2.45) is 0 Å². The van der Waals surface area contributed by atoms with Crippen LogP contribution in [0.25, 0.3) is 10.2 Å². The first-order valence-electron chi connectivity index (χ1n) is 12.2. The van der Waals surface area contributed by atoms with Gasteiger partial charge in [0.15, 0.2) is 5.16 Å². The predicted molar refractivity (Wildman–Crippen MR) is 136 cm³/mol. The topological polar surface area (TPSA) is 55.2 Å². The highest BCUT2D eigenvalue weighted by Crippen LogP contribution is 2.34. The van der Waals surface area contributed by atoms with Gasteiger partial charge >= 0.3 is 0 Å². The molecule has 0 spiro atoms. The van der Waals surface area contributed by atoms with Gasteiger partial charge in [-0.3, -0.25) is 14.2 Å². The second-order valence-electron chi connectivity index (χ2n) is 9.06. The van der Waals surface area contributed by atoms with Gasteiger partial charge in [-0.2, -0.15) is 0 Å². The number of aromatic nitrogens is 2. The van der Waals surface area contributed by atoms with E-state index in [1.165, 1.54) is 47.0 Å². The van der Waals surface area contributed by atoms with E-state index in [0.29, 0.717) is 17.5 Å². The number of amides is 1. The molecule has 1 amide bonds. The third kappa shape index (κ3) is 5.04. The van der Waals surface area contributed by atoms with Gasteiger partial charge in [-0.1, -0.05) is 54.9 Å². The van der Waals surface area contributed by atoms with Crippen molar-refractivity contribution in [1.29, 1.82) is 0 Å². The number of thioether (sulfide) groups is 1. The van der Waals surface area contributed by atoms with E-state index < -0.39 is 0 Å². The van der Waals surface area contributed by atoms with Crippen LogP contribution in [0.2, 0.25) is 0 Å². The Morgan fingerprint density at radius 3 is 2.55 bits per heavy atom. The molecule has 7 heteroatoms. The molecule has 1 fully saturated rings. The molecular weight excluding hydrogens is 450 g/mol. The molecule has 1 aromatic carbocycles. The standard InChI is InChI=1S/C26H31N3O2S2/c30-22(28-15-8-1-2-9-16-28)18-32-26-27-24-23(20-12-6-7-13-21(20)33-24)25(31)29(26)17-14-19-10-4-3-5-11-19/h3-5,10-11H,1-2,6-9,12-18H2. The quantitative estimate of drug-likeness (QED) is 0.364. The van der Waals surface area contributed by atoms with Crippen LogP contribution in [-0.4, -0.2) is 39.2 Å². The number of fused-ring (bicyclic) bond motifs is 3. The van der Waals surface area contributed by atoms with Crippen molar-refractivity contribution in [2.45, 2.75) is 69.5 Å². The van der Waals surface area contributed by atoms with Crippen LogP contribution in [0.1, 0.15) is 54.5 Å². The zero-order valence-electron chi connectivity index (χ0n) is 19.1. The molecule has 1 aliphatic carbocycles. The van der Waals surface area contributed by atoms with E-state index in [0.717, 1.165) is 61.8 Å². The summed E-state index contributed by atoms with van der Waals surface area (Å²) < 4.78 is 1.83. The molecule has 174 valence electrons. The smallest absolute Gasteiger partial charge is 0.263 e. The molecule has 0 N–H and O–H groups in total. The summed E-state index contributed by atoms with van der Waals surface area (Å²) in [6, 6.07) is 10.3. The normalized spacial score (nSPS) is 16.5. The van der Waals surface area contributed by atoms with E-state index in [1.807, 2.05) is 27.7 Å². The maximum atomic E-state index is 13.7. The van der Waals surface area contributed by atoms with Crippen molar-refractivity contribution in [3.8, 4) is 0 Å². The van der Waals surface area contributed by atoms with Crippen molar-refractivity contribution in [2.75, 3.05) is 18.8 Å². The van der Waals surface area contributed by atoms with Gasteiger partial charge in [-0.05, 0) is 56.1 Å². The second-order valence-corrected chi connectivity index (χ2v) is 11.1. The minimum absolute atomic E-state index is 0.0695.